The molecule has 3 aromatic rings. The highest BCUT2D eigenvalue weighted by Gasteiger charge is 2.28. The van der Waals surface area contributed by atoms with Gasteiger partial charge in [0, 0.05) is 12.3 Å². The number of benzene rings is 1. The van der Waals surface area contributed by atoms with Gasteiger partial charge in [0.2, 0.25) is 0 Å². The number of aryl methyl sites for hydroxylation is 1. The molecule has 1 aromatic carbocycles. The zero-order valence-electron chi connectivity index (χ0n) is 19.0. The summed E-state index contributed by atoms with van der Waals surface area (Å²) in [5.41, 5.74) is 3.92. The van der Waals surface area contributed by atoms with Crippen LogP contribution in [-0.2, 0) is 17.8 Å². The highest BCUT2D eigenvalue weighted by Crippen LogP contribution is 2.35. The van der Waals surface area contributed by atoms with Gasteiger partial charge >= 0.3 is 6.09 Å². The molecule has 168 valence electrons. The van der Waals surface area contributed by atoms with Crippen molar-refractivity contribution in [2.45, 2.75) is 33.9 Å². The van der Waals surface area contributed by atoms with Crippen LogP contribution in [0.3, 0.4) is 0 Å². The molecular weight excluding hydrogens is 410 g/mol. The highest BCUT2D eigenvalue weighted by molar-refractivity contribution is 6.02. The Morgan fingerprint density at radius 2 is 2.12 bits per heavy atom. The molecule has 0 fully saturated rings. The van der Waals surface area contributed by atoms with Gasteiger partial charge in [-0.1, -0.05) is 13.8 Å². The van der Waals surface area contributed by atoms with Gasteiger partial charge in [0.1, 0.15) is 18.1 Å². The molecule has 1 aliphatic heterocycles. The van der Waals surface area contributed by atoms with Crippen molar-refractivity contribution in [2.75, 3.05) is 20.8 Å². The van der Waals surface area contributed by atoms with Gasteiger partial charge in [-0.3, -0.25) is 4.90 Å². The molecule has 9 nitrogen and oxygen atoms in total. The number of fused-ring (bicyclic) bond motifs is 1. The third-order valence-corrected chi connectivity index (χ3v) is 5.24. The number of ether oxygens (including phenoxy) is 2. The van der Waals surface area contributed by atoms with E-state index in [1.165, 1.54) is 13.5 Å². The summed E-state index contributed by atoms with van der Waals surface area (Å²) in [6.07, 6.45) is 3.84. The molecule has 32 heavy (non-hydrogen) atoms. The van der Waals surface area contributed by atoms with E-state index < -0.39 is 6.09 Å². The summed E-state index contributed by atoms with van der Waals surface area (Å²) >= 11 is 0. The monoisotopic (exact) mass is 437 g/mol. The van der Waals surface area contributed by atoms with Gasteiger partial charge in [0.05, 0.1) is 43.4 Å². The molecule has 3 heterocycles. The van der Waals surface area contributed by atoms with Crippen molar-refractivity contribution < 1.29 is 18.7 Å². The maximum absolute atomic E-state index is 12.2. The van der Waals surface area contributed by atoms with Gasteiger partial charge < -0.3 is 18.5 Å². The second-order valence-electron chi connectivity index (χ2n) is 8.14. The maximum atomic E-state index is 12.2. The third kappa shape index (κ3) is 4.23. The molecule has 1 aliphatic rings. The number of carbonyl (C=O) groups is 1. The molecule has 0 atom stereocenters. The van der Waals surface area contributed by atoms with Crippen molar-refractivity contribution in [3.05, 3.63) is 48.0 Å². The van der Waals surface area contributed by atoms with Gasteiger partial charge in [-0.25, -0.2) is 19.8 Å². The topological polar surface area (TPSA) is 95.0 Å². The van der Waals surface area contributed by atoms with E-state index in [2.05, 4.69) is 18.8 Å². The molecule has 0 saturated carbocycles. The molecule has 9 heteroatoms. The van der Waals surface area contributed by atoms with E-state index in [9.17, 15) is 4.79 Å². The van der Waals surface area contributed by atoms with E-state index >= 15 is 0 Å². The zero-order chi connectivity index (χ0) is 22.8. The van der Waals surface area contributed by atoms with Crippen molar-refractivity contribution in [1.29, 1.82) is 0 Å². The van der Waals surface area contributed by atoms with Gasteiger partial charge in [-0.15, -0.1) is 0 Å². The number of hydrogen-bond acceptors (Lipinski definition) is 7. The number of rotatable bonds is 5. The predicted molar refractivity (Wildman–Crippen MR) is 119 cm³/mol. The van der Waals surface area contributed by atoms with E-state index in [0.29, 0.717) is 42.0 Å². The van der Waals surface area contributed by atoms with E-state index in [-0.39, 0.29) is 0 Å². The summed E-state index contributed by atoms with van der Waals surface area (Å²) in [6.45, 7) is 6.86. The van der Waals surface area contributed by atoms with Gasteiger partial charge in [0.25, 0.3) is 0 Å². The van der Waals surface area contributed by atoms with Crippen LogP contribution in [0.2, 0.25) is 0 Å². The van der Waals surface area contributed by atoms with E-state index in [4.69, 9.17) is 23.9 Å². The van der Waals surface area contributed by atoms with Crippen LogP contribution in [-0.4, -0.2) is 52.0 Å². The van der Waals surface area contributed by atoms with Crippen molar-refractivity contribution in [3.8, 4) is 17.1 Å². The lowest BCUT2D eigenvalue weighted by molar-refractivity contribution is 0.115. The molecule has 0 bridgehead atoms. The summed E-state index contributed by atoms with van der Waals surface area (Å²) in [4.78, 5) is 27.6. The average molecular weight is 438 g/mol. The number of aliphatic imine (C=N–C) groups is 1. The van der Waals surface area contributed by atoms with Crippen LogP contribution >= 0.6 is 0 Å². The first kappa shape index (κ1) is 21.6. The Kier molecular flexibility index (Phi) is 5.98. The molecular formula is C23H27N5O4. The fraction of sp³-hybridized carbons (Fsp3) is 0.391. The average Bonchev–Trinajstić information content (AvgIpc) is 3.38. The fourth-order valence-corrected chi connectivity index (χ4v) is 3.80. The largest absolute Gasteiger partial charge is 0.496 e. The lowest BCUT2D eigenvalue weighted by Gasteiger charge is -2.27. The van der Waals surface area contributed by atoms with Crippen molar-refractivity contribution in [3.63, 3.8) is 0 Å². The van der Waals surface area contributed by atoms with Crippen LogP contribution in [0.15, 0.2) is 40.2 Å². The number of carbonyl (C=O) groups excluding carboxylic acids is 1. The molecule has 0 N–H and O–H groups in total. The third-order valence-electron chi connectivity index (χ3n) is 5.24. The standard InChI is InChI=1S/C23H27N5O4/c1-14(2)8-17-10-27-13-28(23(29)31-5)11-19(22(27)26-17)25-16-6-7-18(20(9-16)30-4)21-15(3)24-12-32-21/h6-7,9-10,12,14H,8,11,13H2,1-5H3. The van der Waals surface area contributed by atoms with Crippen LogP contribution < -0.4 is 4.74 Å². The molecule has 0 unspecified atom stereocenters. The lowest BCUT2D eigenvalue weighted by atomic mass is 10.1. The van der Waals surface area contributed by atoms with Crippen LogP contribution in [0, 0.1) is 12.8 Å². The zero-order valence-corrected chi connectivity index (χ0v) is 19.0. The first-order valence-electron chi connectivity index (χ1n) is 10.4. The second kappa shape index (κ2) is 8.86. The number of nitrogens with zero attached hydrogens (tertiary/aromatic N) is 5. The molecule has 0 spiro atoms. The number of aromatic nitrogens is 3. The predicted octanol–water partition coefficient (Wildman–Crippen LogP) is 4.21. The van der Waals surface area contributed by atoms with Crippen molar-refractivity contribution >= 4 is 17.5 Å². The summed E-state index contributed by atoms with van der Waals surface area (Å²) in [6, 6.07) is 5.61. The minimum atomic E-state index is -0.406. The fourth-order valence-electron chi connectivity index (χ4n) is 3.80. The number of oxazole rings is 1. The van der Waals surface area contributed by atoms with E-state index in [0.717, 1.165) is 29.2 Å². The van der Waals surface area contributed by atoms with Crippen molar-refractivity contribution in [1.82, 2.24) is 19.4 Å². The van der Waals surface area contributed by atoms with Gasteiger partial charge in [-0.05, 0) is 31.4 Å². The Bertz CT molecular complexity index is 1160. The maximum Gasteiger partial charge on any atom is 0.411 e. The molecule has 2 aromatic heterocycles. The smallest absolute Gasteiger partial charge is 0.411 e. The molecule has 0 radical (unpaired) electrons. The van der Waals surface area contributed by atoms with Crippen LogP contribution in [0.1, 0.15) is 31.1 Å². The molecule has 0 aliphatic carbocycles. The summed E-state index contributed by atoms with van der Waals surface area (Å²) in [7, 11) is 2.98. The number of methoxy groups -OCH3 is 2. The van der Waals surface area contributed by atoms with Crippen LogP contribution in [0.5, 0.6) is 5.75 Å². The summed E-state index contributed by atoms with van der Waals surface area (Å²) in [5.74, 6) is 2.51. The summed E-state index contributed by atoms with van der Waals surface area (Å²) in [5, 5.41) is 0. The number of hydrogen-bond donors (Lipinski definition) is 0. The first-order valence-corrected chi connectivity index (χ1v) is 10.4. The Morgan fingerprint density at radius 3 is 2.78 bits per heavy atom. The number of amides is 1. The van der Waals surface area contributed by atoms with Gasteiger partial charge in [-0.2, -0.15) is 0 Å². The highest BCUT2D eigenvalue weighted by atomic mass is 16.5. The lowest BCUT2D eigenvalue weighted by Crippen LogP contribution is -2.42. The van der Waals surface area contributed by atoms with Gasteiger partial charge in [0.15, 0.2) is 18.0 Å². The minimum Gasteiger partial charge on any atom is -0.496 e. The van der Waals surface area contributed by atoms with Crippen molar-refractivity contribution in [2.24, 2.45) is 10.9 Å². The van der Waals surface area contributed by atoms with E-state index in [1.807, 2.05) is 35.9 Å². The Balaban J connectivity index is 1.74. The second-order valence-corrected chi connectivity index (χ2v) is 8.14. The Hall–Kier alpha value is -3.62. The molecule has 4 rings (SSSR count). The SMILES string of the molecule is COC(=O)N1CC(=Nc2ccc(-c3ocnc3C)c(OC)c2)c2nc(CC(C)C)cn2C1. The quantitative estimate of drug-likeness (QED) is 0.593. The first-order chi connectivity index (χ1) is 15.4. The van der Waals surface area contributed by atoms with Crippen LogP contribution in [0.25, 0.3) is 11.3 Å². The normalized spacial score (nSPS) is 14.7. The van der Waals surface area contributed by atoms with Crippen LogP contribution in [0.4, 0.5) is 10.5 Å². The Labute approximate surface area is 186 Å². The summed E-state index contributed by atoms with van der Waals surface area (Å²) < 4.78 is 18.0. The minimum absolute atomic E-state index is 0.302. The molecule has 1 amide bonds. The van der Waals surface area contributed by atoms with E-state index in [1.54, 1.807) is 12.0 Å². The Morgan fingerprint density at radius 1 is 1.31 bits per heavy atom. The molecule has 0 saturated heterocycles. The number of imidazole rings is 1.